The summed E-state index contributed by atoms with van der Waals surface area (Å²) in [4.78, 5) is 46.2. The number of benzene rings is 3. The molecule has 0 unspecified atom stereocenters. The van der Waals surface area contributed by atoms with E-state index in [-0.39, 0.29) is 17.4 Å². The Balaban J connectivity index is 1.70. The van der Waals surface area contributed by atoms with E-state index in [4.69, 9.17) is 4.74 Å². The summed E-state index contributed by atoms with van der Waals surface area (Å²) in [6.07, 6.45) is 0.252. The van der Waals surface area contributed by atoms with Gasteiger partial charge in [0.15, 0.2) is 6.29 Å². The Morgan fingerprint density at radius 3 is 1.52 bits per heavy atom. The van der Waals surface area contributed by atoms with Gasteiger partial charge in [-0.25, -0.2) is 0 Å². The molecule has 5 nitrogen and oxygen atoms in total. The van der Waals surface area contributed by atoms with E-state index in [1.54, 1.807) is 54.6 Å². The van der Waals surface area contributed by atoms with Crippen LogP contribution < -0.4 is 4.74 Å². The van der Waals surface area contributed by atoms with Gasteiger partial charge in [-0.1, -0.05) is 30.3 Å². The summed E-state index contributed by atoms with van der Waals surface area (Å²) >= 11 is 0. The van der Waals surface area contributed by atoms with Crippen LogP contribution in [0.4, 0.5) is 0 Å². The third-order valence-corrected chi connectivity index (χ3v) is 3.84. The van der Waals surface area contributed by atoms with Gasteiger partial charge in [0.05, 0.1) is 0 Å². The largest absolute Gasteiger partial charge is 0.457 e. The molecular formula is C22H14O5. The Morgan fingerprint density at radius 2 is 1.04 bits per heavy atom. The summed E-state index contributed by atoms with van der Waals surface area (Å²) in [6, 6.07) is 20.7. The van der Waals surface area contributed by atoms with Gasteiger partial charge < -0.3 is 4.74 Å². The van der Waals surface area contributed by atoms with Crippen molar-refractivity contribution in [2.45, 2.75) is 0 Å². The molecule has 5 heteroatoms. The molecule has 132 valence electrons. The second kappa shape index (κ2) is 8.01. The quantitative estimate of drug-likeness (QED) is 0.363. The number of ketones is 3. The first-order valence-corrected chi connectivity index (χ1v) is 8.10. The smallest absolute Gasteiger partial charge is 0.233 e. The number of carbonyl (C=O) groups excluding carboxylic acids is 4. The minimum atomic E-state index is -0.604. The molecule has 27 heavy (non-hydrogen) atoms. The lowest BCUT2D eigenvalue weighted by atomic mass is 10.0. The Labute approximate surface area is 155 Å². The van der Waals surface area contributed by atoms with Crippen molar-refractivity contribution >= 4 is 23.6 Å². The van der Waals surface area contributed by atoms with Crippen LogP contribution in [-0.4, -0.2) is 23.6 Å². The van der Waals surface area contributed by atoms with Crippen molar-refractivity contribution in [3.63, 3.8) is 0 Å². The van der Waals surface area contributed by atoms with Crippen LogP contribution in [0.2, 0.25) is 0 Å². The average molecular weight is 358 g/mol. The molecule has 0 saturated heterocycles. The van der Waals surface area contributed by atoms with E-state index in [1.807, 2.05) is 0 Å². The fraction of sp³-hybridized carbons (Fsp3) is 0. The van der Waals surface area contributed by atoms with Crippen molar-refractivity contribution in [2.24, 2.45) is 0 Å². The fourth-order valence-corrected chi connectivity index (χ4v) is 2.42. The summed E-state index contributed by atoms with van der Waals surface area (Å²) in [5.74, 6) is -0.832. The van der Waals surface area contributed by atoms with E-state index in [2.05, 4.69) is 0 Å². The van der Waals surface area contributed by atoms with Gasteiger partial charge in [0.25, 0.3) is 0 Å². The lowest BCUT2D eigenvalue weighted by Crippen LogP contribution is -2.14. The Kier molecular flexibility index (Phi) is 5.33. The minimum Gasteiger partial charge on any atom is -0.457 e. The highest BCUT2D eigenvalue weighted by molar-refractivity contribution is 6.49. The molecule has 0 N–H and O–H groups in total. The molecule has 0 saturated carbocycles. The Morgan fingerprint density at radius 1 is 0.593 bits per heavy atom. The number of carbonyl (C=O) groups is 4. The van der Waals surface area contributed by atoms with Gasteiger partial charge in [-0.05, 0) is 48.5 Å². The van der Waals surface area contributed by atoms with Crippen LogP contribution in [0.1, 0.15) is 31.1 Å². The molecule has 3 aromatic carbocycles. The molecule has 3 aromatic rings. The SMILES string of the molecule is O=CC(=O)c1ccc(Oc2ccc(C(=O)C(=O)c3ccccc3)cc2)cc1. The highest BCUT2D eigenvalue weighted by Crippen LogP contribution is 2.22. The molecule has 0 amide bonds. The molecule has 0 aliphatic carbocycles. The third kappa shape index (κ3) is 4.22. The molecule has 0 aliphatic heterocycles. The third-order valence-electron chi connectivity index (χ3n) is 3.84. The van der Waals surface area contributed by atoms with Gasteiger partial charge in [-0.15, -0.1) is 0 Å². The molecule has 3 rings (SSSR count). The average Bonchev–Trinajstić information content (AvgIpc) is 2.74. The first kappa shape index (κ1) is 17.9. The Hall–Kier alpha value is -3.86. The standard InChI is InChI=1S/C22H14O5/c23-14-20(24)15-6-10-18(11-7-15)27-19-12-8-17(9-13-19)22(26)21(25)16-4-2-1-3-5-16/h1-14H. The Bertz CT molecular complexity index is 987. The predicted molar refractivity (Wildman–Crippen MR) is 98.5 cm³/mol. The van der Waals surface area contributed by atoms with Crippen molar-refractivity contribution in [3.05, 3.63) is 95.6 Å². The maximum absolute atomic E-state index is 12.3. The first-order valence-electron chi connectivity index (χ1n) is 8.10. The number of hydrogen-bond acceptors (Lipinski definition) is 5. The lowest BCUT2D eigenvalue weighted by molar-refractivity contribution is -0.104. The van der Waals surface area contributed by atoms with Gasteiger partial charge in [-0.3, -0.25) is 19.2 Å². The maximum Gasteiger partial charge on any atom is 0.233 e. The molecule has 0 aliphatic rings. The van der Waals surface area contributed by atoms with Gasteiger partial charge in [0, 0.05) is 16.7 Å². The fourth-order valence-electron chi connectivity index (χ4n) is 2.42. The number of ether oxygens (including phenoxy) is 1. The lowest BCUT2D eigenvalue weighted by Gasteiger charge is -2.07. The summed E-state index contributed by atoms with van der Waals surface area (Å²) < 4.78 is 5.63. The number of hydrogen-bond donors (Lipinski definition) is 0. The normalized spacial score (nSPS) is 10.1. The molecule has 0 atom stereocenters. The van der Waals surface area contributed by atoms with Crippen molar-refractivity contribution in [1.29, 1.82) is 0 Å². The summed E-state index contributed by atoms with van der Waals surface area (Å²) in [5, 5.41) is 0. The van der Waals surface area contributed by atoms with Gasteiger partial charge >= 0.3 is 0 Å². The number of Topliss-reactive ketones (excluding diaryl/α,β-unsaturated/α-hetero) is 3. The summed E-state index contributed by atoms with van der Waals surface area (Å²) in [7, 11) is 0. The molecule has 0 radical (unpaired) electrons. The minimum absolute atomic E-state index is 0.252. The van der Waals surface area contributed by atoms with Crippen LogP contribution in [0.25, 0.3) is 0 Å². The second-order valence-electron chi connectivity index (χ2n) is 5.66. The van der Waals surface area contributed by atoms with Crippen LogP contribution in [0.3, 0.4) is 0 Å². The number of rotatable bonds is 7. The van der Waals surface area contributed by atoms with E-state index in [0.29, 0.717) is 17.1 Å². The predicted octanol–water partition coefficient (Wildman–Crippen LogP) is 3.93. The summed E-state index contributed by atoms with van der Waals surface area (Å²) in [5.41, 5.74) is 0.883. The van der Waals surface area contributed by atoms with E-state index in [1.165, 1.54) is 24.3 Å². The van der Waals surface area contributed by atoms with Crippen LogP contribution in [0, 0.1) is 0 Å². The van der Waals surface area contributed by atoms with E-state index in [9.17, 15) is 19.2 Å². The van der Waals surface area contributed by atoms with Crippen LogP contribution in [0.5, 0.6) is 11.5 Å². The van der Waals surface area contributed by atoms with Gasteiger partial charge in [-0.2, -0.15) is 0 Å². The molecular weight excluding hydrogens is 344 g/mol. The molecule has 0 aromatic heterocycles. The molecule has 0 spiro atoms. The van der Waals surface area contributed by atoms with E-state index in [0.717, 1.165) is 0 Å². The van der Waals surface area contributed by atoms with Crippen molar-refractivity contribution in [3.8, 4) is 11.5 Å². The zero-order valence-corrected chi connectivity index (χ0v) is 14.1. The maximum atomic E-state index is 12.3. The zero-order valence-electron chi connectivity index (χ0n) is 14.1. The topological polar surface area (TPSA) is 77.5 Å². The zero-order chi connectivity index (χ0) is 19.2. The van der Waals surface area contributed by atoms with Crippen molar-refractivity contribution < 1.29 is 23.9 Å². The highest BCUT2D eigenvalue weighted by Gasteiger charge is 2.17. The second-order valence-corrected chi connectivity index (χ2v) is 5.66. The van der Waals surface area contributed by atoms with Crippen molar-refractivity contribution in [1.82, 2.24) is 0 Å². The van der Waals surface area contributed by atoms with Crippen LogP contribution in [0.15, 0.2) is 78.9 Å². The number of aldehydes is 1. The highest BCUT2D eigenvalue weighted by atomic mass is 16.5. The van der Waals surface area contributed by atoms with Gasteiger partial charge in [0.2, 0.25) is 17.3 Å². The monoisotopic (exact) mass is 358 g/mol. The van der Waals surface area contributed by atoms with Crippen LogP contribution in [-0.2, 0) is 4.79 Å². The van der Waals surface area contributed by atoms with Gasteiger partial charge in [0.1, 0.15) is 11.5 Å². The first-order chi connectivity index (χ1) is 13.1. The molecule has 0 heterocycles. The van der Waals surface area contributed by atoms with E-state index >= 15 is 0 Å². The van der Waals surface area contributed by atoms with E-state index < -0.39 is 17.3 Å². The summed E-state index contributed by atoms with van der Waals surface area (Å²) in [6.45, 7) is 0. The van der Waals surface area contributed by atoms with Crippen molar-refractivity contribution in [2.75, 3.05) is 0 Å². The molecule has 0 fully saturated rings. The molecule has 0 bridgehead atoms. The van der Waals surface area contributed by atoms with Crippen LogP contribution >= 0.6 is 0 Å².